The molecule has 0 unspecified atom stereocenters. The largest absolute Gasteiger partial charge is 0.416 e. The van der Waals surface area contributed by atoms with E-state index in [4.69, 9.17) is 0 Å². The fraction of sp³-hybridized carbons (Fsp3) is 0.450. The molecule has 1 atom stereocenters. The van der Waals surface area contributed by atoms with Gasteiger partial charge in [0.15, 0.2) is 5.82 Å². The molecule has 2 aromatic heterocycles. The quantitative estimate of drug-likeness (QED) is 0.718. The topological polar surface area (TPSA) is 58.9 Å². The zero-order valence-electron chi connectivity index (χ0n) is 16.6. The van der Waals surface area contributed by atoms with Gasteiger partial charge < -0.3 is 10.2 Å². The van der Waals surface area contributed by atoms with Crippen LogP contribution >= 0.6 is 0 Å². The Morgan fingerprint density at radius 2 is 1.97 bits per heavy atom. The lowest BCUT2D eigenvalue weighted by Crippen LogP contribution is -2.40. The molecule has 9 heteroatoms. The first kappa shape index (κ1) is 19.6. The van der Waals surface area contributed by atoms with E-state index >= 15 is 0 Å². The van der Waals surface area contributed by atoms with Gasteiger partial charge in [0.2, 0.25) is 0 Å². The molecule has 0 saturated carbocycles. The second-order valence-electron chi connectivity index (χ2n) is 7.70. The SMILES string of the molecule is Cc1cc(C(F)(F)F)ccc1-c1nnc(N[C@@H]2CCCN(C)C2)c2c1cnn2C. The van der Waals surface area contributed by atoms with Crippen LogP contribution in [0.25, 0.3) is 22.2 Å². The van der Waals surface area contributed by atoms with Crippen LogP contribution in [0.5, 0.6) is 0 Å². The molecule has 4 rings (SSSR count). The Bertz CT molecular complexity index is 1040. The van der Waals surface area contributed by atoms with E-state index in [0.717, 1.165) is 49.0 Å². The first-order valence-electron chi connectivity index (χ1n) is 9.55. The van der Waals surface area contributed by atoms with Gasteiger partial charge >= 0.3 is 6.18 Å². The van der Waals surface area contributed by atoms with E-state index in [1.54, 1.807) is 17.8 Å². The average Bonchev–Trinajstić information content (AvgIpc) is 3.04. The van der Waals surface area contributed by atoms with E-state index in [0.29, 0.717) is 22.6 Å². The van der Waals surface area contributed by atoms with Crippen molar-refractivity contribution in [1.29, 1.82) is 0 Å². The summed E-state index contributed by atoms with van der Waals surface area (Å²) in [6.07, 6.45) is -0.530. The number of likely N-dealkylation sites (N-methyl/N-ethyl adjacent to an activating group) is 1. The van der Waals surface area contributed by atoms with Gasteiger partial charge in [0, 0.05) is 25.2 Å². The number of nitrogens with zero attached hydrogens (tertiary/aromatic N) is 5. The van der Waals surface area contributed by atoms with Gasteiger partial charge in [-0.1, -0.05) is 6.07 Å². The predicted molar refractivity (Wildman–Crippen MR) is 106 cm³/mol. The molecule has 1 aliphatic rings. The monoisotopic (exact) mass is 404 g/mol. The Kier molecular flexibility index (Phi) is 4.94. The molecule has 1 N–H and O–H groups in total. The summed E-state index contributed by atoms with van der Waals surface area (Å²) < 4.78 is 40.7. The Hall–Kier alpha value is -2.68. The molecule has 3 heterocycles. The second-order valence-corrected chi connectivity index (χ2v) is 7.70. The first-order valence-corrected chi connectivity index (χ1v) is 9.55. The van der Waals surface area contributed by atoms with Crippen molar-refractivity contribution in [3.63, 3.8) is 0 Å². The fourth-order valence-electron chi connectivity index (χ4n) is 3.97. The van der Waals surface area contributed by atoms with Crippen molar-refractivity contribution in [1.82, 2.24) is 24.9 Å². The number of aryl methyl sites for hydroxylation is 2. The van der Waals surface area contributed by atoms with Crippen molar-refractivity contribution in [2.75, 3.05) is 25.5 Å². The van der Waals surface area contributed by atoms with Crippen molar-refractivity contribution in [2.45, 2.75) is 32.0 Å². The average molecular weight is 404 g/mol. The number of benzene rings is 1. The number of fused-ring (bicyclic) bond motifs is 1. The molecule has 1 saturated heterocycles. The van der Waals surface area contributed by atoms with E-state index in [-0.39, 0.29) is 6.04 Å². The third-order valence-corrected chi connectivity index (χ3v) is 5.44. The highest BCUT2D eigenvalue weighted by molar-refractivity contribution is 5.98. The minimum atomic E-state index is -4.38. The van der Waals surface area contributed by atoms with Crippen molar-refractivity contribution in [2.24, 2.45) is 7.05 Å². The maximum atomic E-state index is 13.0. The van der Waals surface area contributed by atoms with Crippen molar-refractivity contribution in [3.8, 4) is 11.3 Å². The summed E-state index contributed by atoms with van der Waals surface area (Å²) in [4.78, 5) is 2.27. The zero-order chi connectivity index (χ0) is 20.8. The third-order valence-electron chi connectivity index (χ3n) is 5.44. The Morgan fingerprint density at radius 3 is 2.66 bits per heavy atom. The van der Waals surface area contributed by atoms with Crippen LogP contribution in [0.2, 0.25) is 0 Å². The summed E-state index contributed by atoms with van der Waals surface area (Å²) >= 11 is 0. The molecular formula is C20H23F3N6. The molecule has 1 fully saturated rings. The molecule has 6 nitrogen and oxygen atoms in total. The predicted octanol–water partition coefficient (Wildman–Crippen LogP) is 3.86. The number of rotatable bonds is 3. The lowest BCUT2D eigenvalue weighted by atomic mass is 10.00. The Balaban J connectivity index is 1.74. The lowest BCUT2D eigenvalue weighted by Gasteiger charge is -2.30. The molecule has 0 bridgehead atoms. The first-order chi connectivity index (χ1) is 13.7. The van der Waals surface area contributed by atoms with Crippen LogP contribution in [0.3, 0.4) is 0 Å². The number of likely N-dealkylation sites (tertiary alicyclic amines) is 1. The summed E-state index contributed by atoms with van der Waals surface area (Å²) in [6, 6.07) is 3.94. The summed E-state index contributed by atoms with van der Waals surface area (Å²) in [5.41, 5.74) is 1.77. The lowest BCUT2D eigenvalue weighted by molar-refractivity contribution is -0.137. The number of halogens is 3. The van der Waals surface area contributed by atoms with Gasteiger partial charge in [-0.25, -0.2) is 0 Å². The molecule has 154 valence electrons. The highest BCUT2D eigenvalue weighted by atomic mass is 19.4. The molecule has 1 aliphatic heterocycles. The van der Waals surface area contributed by atoms with Crippen LogP contribution in [0.15, 0.2) is 24.4 Å². The van der Waals surface area contributed by atoms with E-state index in [9.17, 15) is 13.2 Å². The minimum absolute atomic E-state index is 0.264. The Labute approximate surface area is 166 Å². The van der Waals surface area contributed by atoms with Gasteiger partial charge in [-0.15, -0.1) is 10.2 Å². The standard InChI is InChI=1S/C20H23F3N6/c1-12-9-13(20(21,22)23)6-7-15(12)17-16-10-24-29(3)18(16)19(27-26-17)25-14-5-4-8-28(2)11-14/h6-7,9-10,14H,4-5,8,11H2,1-3H3,(H,25,27)/t14-/m1/s1. The van der Waals surface area contributed by atoms with Gasteiger partial charge in [-0.05, 0) is 51.1 Å². The summed E-state index contributed by atoms with van der Waals surface area (Å²) in [7, 11) is 3.92. The Morgan fingerprint density at radius 1 is 1.17 bits per heavy atom. The van der Waals surface area contributed by atoms with E-state index < -0.39 is 11.7 Å². The molecule has 0 radical (unpaired) electrons. The van der Waals surface area contributed by atoms with Gasteiger partial charge in [-0.2, -0.15) is 18.3 Å². The van der Waals surface area contributed by atoms with E-state index in [1.807, 2.05) is 7.05 Å². The zero-order valence-corrected chi connectivity index (χ0v) is 16.6. The number of aromatic nitrogens is 4. The molecule has 0 amide bonds. The van der Waals surface area contributed by atoms with Crippen LogP contribution in [-0.2, 0) is 13.2 Å². The molecular weight excluding hydrogens is 381 g/mol. The van der Waals surface area contributed by atoms with Crippen LogP contribution in [0, 0.1) is 6.92 Å². The highest BCUT2D eigenvalue weighted by Gasteiger charge is 2.31. The van der Waals surface area contributed by atoms with Gasteiger partial charge in [0.25, 0.3) is 0 Å². The maximum absolute atomic E-state index is 13.0. The number of alkyl halides is 3. The smallest absolute Gasteiger partial charge is 0.363 e. The van der Waals surface area contributed by atoms with E-state index in [2.05, 4.69) is 32.6 Å². The normalized spacial score (nSPS) is 18.3. The van der Waals surface area contributed by atoms with Gasteiger partial charge in [0.1, 0.15) is 11.2 Å². The third kappa shape index (κ3) is 3.78. The van der Waals surface area contributed by atoms with Crippen LogP contribution in [-0.4, -0.2) is 51.1 Å². The summed E-state index contributed by atoms with van der Waals surface area (Å²) in [6.45, 7) is 3.65. The highest BCUT2D eigenvalue weighted by Crippen LogP contribution is 2.35. The molecule has 29 heavy (non-hydrogen) atoms. The number of hydrogen-bond donors (Lipinski definition) is 1. The van der Waals surface area contributed by atoms with Crippen LogP contribution in [0.4, 0.5) is 19.0 Å². The minimum Gasteiger partial charge on any atom is -0.363 e. The molecule has 0 aliphatic carbocycles. The molecule has 1 aromatic carbocycles. The van der Waals surface area contributed by atoms with Crippen molar-refractivity contribution < 1.29 is 13.2 Å². The summed E-state index contributed by atoms with van der Waals surface area (Å²) in [5.74, 6) is 0.647. The van der Waals surface area contributed by atoms with Gasteiger partial charge in [0.05, 0.1) is 17.1 Å². The van der Waals surface area contributed by atoms with Gasteiger partial charge in [-0.3, -0.25) is 4.68 Å². The van der Waals surface area contributed by atoms with Crippen molar-refractivity contribution in [3.05, 3.63) is 35.5 Å². The number of piperidine rings is 1. The fourth-order valence-corrected chi connectivity index (χ4v) is 3.97. The van der Waals surface area contributed by atoms with Crippen molar-refractivity contribution >= 4 is 16.7 Å². The molecule has 3 aromatic rings. The maximum Gasteiger partial charge on any atom is 0.416 e. The van der Waals surface area contributed by atoms with E-state index in [1.165, 1.54) is 6.07 Å². The van der Waals surface area contributed by atoms with Crippen LogP contribution < -0.4 is 5.32 Å². The number of anilines is 1. The second kappa shape index (κ2) is 7.29. The summed E-state index contributed by atoms with van der Waals surface area (Å²) in [5, 5.41) is 17.3. The number of hydrogen-bond acceptors (Lipinski definition) is 5. The molecule has 0 spiro atoms. The number of nitrogens with one attached hydrogen (secondary N) is 1. The van der Waals surface area contributed by atoms with Crippen LogP contribution in [0.1, 0.15) is 24.0 Å².